The Labute approximate surface area is 168 Å². The number of nitrogens with two attached hydrogens (primary N) is 1. The highest BCUT2D eigenvalue weighted by atomic mass is 16.2. The van der Waals surface area contributed by atoms with Crippen LogP contribution in [0, 0.1) is 6.92 Å². The van der Waals surface area contributed by atoms with Gasteiger partial charge in [-0.15, -0.1) is 0 Å². The van der Waals surface area contributed by atoms with Crippen molar-refractivity contribution >= 4 is 29.4 Å². The number of rotatable bonds is 6. The third-order valence-corrected chi connectivity index (χ3v) is 5.01. The highest BCUT2D eigenvalue weighted by molar-refractivity contribution is 6.10. The van der Waals surface area contributed by atoms with Gasteiger partial charge in [-0.25, -0.2) is 4.79 Å². The molecule has 1 saturated heterocycles. The number of amides is 5. The minimum atomic E-state index is -1.19. The van der Waals surface area contributed by atoms with Gasteiger partial charge in [0, 0.05) is 11.3 Å². The summed E-state index contributed by atoms with van der Waals surface area (Å²) in [6.07, 6.45) is 0.354. The summed E-state index contributed by atoms with van der Waals surface area (Å²) in [5.41, 5.74) is 6.44. The summed E-state index contributed by atoms with van der Waals surface area (Å²) >= 11 is 0. The Morgan fingerprint density at radius 1 is 1.07 bits per heavy atom. The molecule has 4 N–H and O–H groups in total. The van der Waals surface area contributed by atoms with Crippen molar-refractivity contribution in [3.63, 3.8) is 0 Å². The fourth-order valence-corrected chi connectivity index (χ4v) is 3.31. The third kappa shape index (κ3) is 3.82. The minimum absolute atomic E-state index is 0.308. The quantitative estimate of drug-likeness (QED) is 0.648. The van der Waals surface area contributed by atoms with Crippen molar-refractivity contribution in [1.82, 2.24) is 10.2 Å². The number of aryl methyl sites for hydroxylation is 1. The summed E-state index contributed by atoms with van der Waals surface area (Å²) < 4.78 is 0. The fraction of sp³-hybridized carbons (Fsp3) is 0.238. The molecule has 0 saturated carbocycles. The lowest BCUT2D eigenvalue weighted by atomic mass is 9.87. The molecule has 3 rings (SSSR count). The first-order valence-corrected chi connectivity index (χ1v) is 9.18. The van der Waals surface area contributed by atoms with Gasteiger partial charge >= 0.3 is 6.03 Å². The summed E-state index contributed by atoms with van der Waals surface area (Å²) in [5.74, 6) is -1.57. The first-order chi connectivity index (χ1) is 13.8. The smallest absolute Gasteiger partial charge is 0.325 e. The third-order valence-electron chi connectivity index (χ3n) is 5.01. The number of primary amides is 1. The number of carbonyl (C=O) groups is 4. The molecule has 29 heavy (non-hydrogen) atoms. The normalized spacial score (nSPS) is 18.5. The molecular weight excluding hydrogens is 372 g/mol. The molecule has 0 bridgehead atoms. The maximum atomic E-state index is 13.1. The van der Waals surface area contributed by atoms with E-state index in [4.69, 9.17) is 5.73 Å². The average molecular weight is 394 g/mol. The van der Waals surface area contributed by atoms with Gasteiger partial charge < -0.3 is 16.4 Å². The topological polar surface area (TPSA) is 122 Å². The predicted octanol–water partition coefficient (Wildman–Crippen LogP) is 1.89. The summed E-state index contributed by atoms with van der Waals surface area (Å²) in [7, 11) is 0. The van der Waals surface area contributed by atoms with Gasteiger partial charge in [0.15, 0.2) is 0 Å². The molecule has 2 aromatic carbocycles. The van der Waals surface area contributed by atoms with E-state index in [1.54, 1.807) is 12.1 Å². The molecule has 1 heterocycles. The number of hydrogen-bond donors (Lipinski definition) is 3. The second-order valence-corrected chi connectivity index (χ2v) is 6.94. The number of nitrogens with one attached hydrogen (secondary N) is 2. The van der Waals surface area contributed by atoms with Crippen LogP contribution >= 0.6 is 0 Å². The Morgan fingerprint density at radius 2 is 1.69 bits per heavy atom. The van der Waals surface area contributed by atoms with Crippen LogP contribution in [0.25, 0.3) is 0 Å². The zero-order valence-corrected chi connectivity index (χ0v) is 16.2. The molecule has 0 aromatic heterocycles. The standard InChI is InChI=1S/C21H22N4O4/c1-3-21(15-8-4-13(2)5-9-15)19(28)25(20(29)24-21)12-17(26)23-16-10-6-14(7-11-16)18(22)27/h4-11H,3,12H2,1-2H3,(H2,22,27)(H,23,26)(H,24,29)/t21-/m1/s1. The van der Waals surface area contributed by atoms with E-state index < -0.39 is 35.8 Å². The molecule has 5 amide bonds. The molecule has 0 spiro atoms. The monoisotopic (exact) mass is 394 g/mol. The summed E-state index contributed by atoms with van der Waals surface area (Å²) in [5, 5.41) is 5.35. The molecule has 8 nitrogen and oxygen atoms in total. The lowest BCUT2D eigenvalue weighted by molar-refractivity contribution is -0.134. The van der Waals surface area contributed by atoms with Gasteiger partial charge in [-0.05, 0) is 43.2 Å². The van der Waals surface area contributed by atoms with Crippen LogP contribution in [0.5, 0.6) is 0 Å². The van der Waals surface area contributed by atoms with Crippen LogP contribution in [-0.4, -0.2) is 35.2 Å². The number of nitrogens with zero attached hydrogens (tertiary/aromatic N) is 1. The number of urea groups is 1. The van der Waals surface area contributed by atoms with Crippen LogP contribution in [0.15, 0.2) is 48.5 Å². The van der Waals surface area contributed by atoms with Crippen molar-refractivity contribution in [1.29, 1.82) is 0 Å². The van der Waals surface area contributed by atoms with Crippen LogP contribution in [0.1, 0.15) is 34.8 Å². The van der Waals surface area contributed by atoms with E-state index in [0.717, 1.165) is 10.5 Å². The molecule has 0 radical (unpaired) electrons. The van der Waals surface area contributed by atoms with E-state index in [9.17, 15) is 19.2 Å². The zero-order chi connectivity index (χ0) is 21.2. The lowest BCUT2D eigenvalue weighted by Crippen LogP contribution is -2.44. The van der Waals surface area contributed by atoms with Crippen molar-refractivity contribution < 1.29 is 19.2 Å². The van der Waals surface area contributed by atoms with Gasteiger partial charge in [-0.2, -0.15) is 0 Å². The first-order valence-electron chi connectivity index (χ1n) is 9.18. The molecule has 1 aliphatic rings. The van der Waals surface area contributed by atoms with Crippen LogP contribution in [-0.2, 0) is 15.1 Å². The van der Waals surface area contributed by atoms with Gasteiger partial charge in [-0.3, -0.25) is 19.3 Å². The van der Waals surface area contributed by atoms with Crippen LogP contribution in [0.3, 0.4) is 0 Å². The van der Waals surface area contributed by atoms with E-state index in [2.05, 4.69) is 10.6 Å². The van der Waals surface area contributed by atoms with Crippen molar-refractivity contribution in [3.05, 3.63) is 65.2 Å². The SMILES string of the molecule is CC[C@]1(c2ccc(C)cc2)NC(=O)N(CC(=O)Nc2ccc(C(N)=O)cc2)C1=O. The van der Waals surface area contributed by atoms with Crippen molar-refractivity contribution in [2.75, 3.05) is 11.9 Å². The molecular formula is C21H22N4O4. The van der Waals surface area contributed by atoms with Crippen molar-refractivity contribution in [2.45, 2.75) is 25.8 Å². The van der Waals surface area contributed by atoms with E-state index in [-0.39, 0.29) is 0 Å². The molecule has 1 atom stereocenters. The van der Waals surface area contributed by atoms with Crippen LogP contribution < -0.4 is 16.4 Å². The Balaban J connectivity index is 1.74. The van der Waals surface area contributed by atoms with Gasteiger partial charge in [0.05, 0.1) is 0 Å². The highest BCUT2D eigenvalue weighted by Crippen LogP contribution is 2.32. The molecule has 2 aromatic rings. The van der Waals surface area contributed by atoms with Crippen LogP contribution in [0.4, 0.5) is 10.5 Å². The Hall–Kier alpha value is -3.68. The second-order valence-electron chi connectivity index (χ2n) is 6.94. The molecule has 0 aliphatic carbocycles. The first kappa shape index (κ1) is 20.1. The number of imide groups is 1. The van der Waals surface area contributed by atoms with E-state index in [1.165, 1.54) is 24.3 Å². The Morgan fingerprint density at radius 3 is 2.24 bits per heavy atom. The van der Waals surface area contributed by atoms with Gasteiger partial charge in [-0.1, -0.05) is 36.8 Å². The van der Waals surface area contributed by atoms with E-state index in [0.29, 0.717) is 23.2 Å². The predicted molar refractivity (Wildman–Crippen MR) is 107 cm³/mol. The largest absolute Gasteiger partial charge is 0.366 e. The number of benzene rings is 2. The average Bonchev–Trinajstić information content (AvgIpc) is 2.94. The van der Waals surface area contributed by atoms with Gasteiger partial charge in [0.1, 0.15) is 12.1 Å². The molecule has 0 unspecified atom stereocenters. The maximum absolute atomic E-state index is 13.1. The number of hydrogen-bond acceptors (Lipinski definition) is 4. The number of anilines is 1. The highest BCUT2D eigenvalue weighted by Gasteiger charge is 2.51. The summed E-state index contributed by atoms with van der Waals surface area (Å²) in [6, 6.07) is 12.7. The summed E-state index contributed by atoms with van der Waals surface area (Å²) in [6.45, 7) is 3.32. The molecule has 1 fully saturated rings. The van der Waals surface area contributed by atoms with E-state index >= 15 is 0 Å². The lowest BCUT2D eigenvalue weighted by Gasteiger charge is -2.25. The van der Waals surface area contributed by atoms with Crippen molar-refractivity contribution in [2.24, 2.45) is 5.73 Å². The second kappa shape index (κ2) is 7.75. The molecule has 1 aliphatic heterocycles. The minimum Gasteiger partial charge on any atom is -0.366 e. The number of carbonyl (C=O) groups excluding carboxylic acids is 4. The van der Waals surface area contributed by atoms with Crippen LogP contribution in [0.2, 0.25) is 0 Å². The summed E-state index contributed by atoms with van der Waals surface area (Å²) in [4.78, 5) is 49.9. The van der Waals surface area contributed by atoms with E-state index in [1.807, 2.05) is 26.0 Å². The van der Waals surface area contributed by atoms with Gasteiger partial charge in [0.25, 0.3) is 5.91 Å². The fourth-order valence-electron chi connectivity index (χ4n) is 3.31. The Bertz CT molecular complexity index is 969. The van der Waals surface area contributed by atoms with Crippen molar-refractivity contribution in [3.8, 4) is 0 Å². The molecule has 150 valence electrons. The Kier molecular flexibility index (Phi) is 5.36. The zero-order valence-electron chi connectivity index (χ0n) is 16.2. The molecule has 8 heteroatoms. The maximum Gasteiger partial charge on any atom is 0.325 e. The van der Waals surface area contributed by atoms with Gasteiger partial charge in [0.2, 0.25) is 11.8 Å².